The summed E-state index contributed by atoms with van der Waals surface area (Å²) < 4.78 is 14.5. The van der Waals surface area contributed by atoms with E-state index in [1.807, 2.05) is 0 Å². The largest absolute Gasteiger partial charge is 0.506 e. The van der Waals surface area contributed by atoms with E-state index in [-0.39, 0.29) is 0 Å². The predicted molar refractivity (Wildman–Crippen MR) is 48.1 cm³/mol. The van der Waals surface area contributed by atoms with Gasteiger partial charge in [-0.1, -0.05) is 0 Å². The average Bonchev–Trinajstić information content (AvgIpc) is 2.09. The highest BCUT2D eigenvalue weighted by Crippen LogP contribution is 2.18. The minimum absolute atomic E-state index is 0.441. The maximum atomic E-state index is 10.8. The molecule has 1 N–H and O–H groups in total. The van der Waals surface area contributed by atoms with Crippen molar-refractivity contribution in [3.63, 3.8) is 0 Å². The first kappa shape index (κ1) is 11.4. The Morgan fingerprint density at radius 3 is 2.60 bits per heavy atom. The van der Waals surface area contributed by atoms with Crippen LogP contribution in [0.3, 0.4) is 0 Å². The van der Waals surface area contributed by atoms with E-state index >= 15 is 0 Å². The number of hydrogen-bond acceptors (Lipinski definition) is 5. The Morgan fingerprint density at radius 2 is 2.07 bits per heavy atom. The first-order valence-corrected chi connectivity index (χ1v) is 4.39. The van der Waals surface area contributed by atoms with Crippen LogP contribution in [-0.2, 0) is 19.0 Å². The van der Waals surface area contributed by atoms with Crippen LogP contribution in [0, 0.1) is 0 Å². The van der Waals surface area contributed by atoms with Gasteiger partial charge in [0.2, 0.25) is 0 Å². The lowest BCUT2D eigenvalue weighted by molar-refractivity contribution is -0.161. The molecule has 1 rings (SSSR count). The summed E-state index contributed by atoms with van der Waals surface area (Å²) in [5.74, 6) is -0.510. The van der Waals surface area contributed by atoms with Crippen molar-refractivity contribution in [2.45, 2.75) is 32.2 Å². The summed E-state index contributed by atoms with van der Waals surface area (Å²) in [5, 5.41) is 8.47. The summed E-state index contributed by atoms with van der Waals surface area (Å²) in [6, 6.07) is 0. The third kappa shape index (κ3) is 3.16. The topological polar surface area (TPSA) is 82.1 Å². The van der Waals surface area contributed by atoms with Crippen molar-refractivity contribution in [1.29, 1.82) is 0 Å². The number of hydrogen-bond donors (Lipinski definition) is 1. The van der Waals surface area contributed by atoms with E-state index in [0.29, 0.717) is 0 Å². The van der Waals surface area contributed by atoms with Gasteiger partial charge in [0, 0.05) is 6.92 Å². The Morgan fingerprint density at radius 1 is 1.40 bits per heavy atom. The van der Waals surface area contributed by atoms with Gasteiger partial charge in [0.1, 0.15) is 6.10 Å². The van der Waals surface area contributed by atoms with E-state index in [4.69, 9.17) is 14.6 Å². The highest BCUT2D eigenvalue weighted by atomic mass is 16.7. The van der Waals surface area contributed by atoms with Crippen LogP contribution in [0.4, 0.5) is 4.79 Å². The van der Waals surface area contributed by atoms with Crippen molar-refractivity contribution in [1.82, 2.24) is 0 Å². The van der Waals surface area contributed by atoms with Gasteiger partial charge in [-0.15, -0.1) is 0 Å². The fourth-order valence-electron chi connectivity index (χ4n) is 1.28. The third-order valence-corrected chi connectivity index (χ3v) is 1.89. The molecule has 0 saturated carbocycles. The van der Waals surface area contributed by atoms with Gasteiger partial charge in [-0.25, -0.2) is 4.79 Å². The molecule has 3 atom stereocenters. The van der Waals surface area contributed by atoms with Gasteiger partial charge in [0.25, 0.3) is 0 Å². The maximum Gasteiger partial charge on any atom is 0.506 e. The van der Waals surface area contributed by atoms with E-state index in [9.17, 15) is 9.59 Å². The predicted octanol–water partition coefficient (Wildman–Crippen LogP) is 0.914. The number of rotatable bonds is 2. The Kier molecular flexibility index (Phi) is 3.54. The van der Waals surface area contributed by atoms with Crippen LogP contribution in [0.25, 0.3) is 0 Å². The van der Waals surface area contributed by atoms with Gasteiger partial charge in [0.05, 0.1) is 6.26 Å². The molecule has 0 aromatic carbocycles. The number of carbonyl (C=O) groups is 2. The second kappa shape index (κ2) is 4.68. The van der Waals surface area contributed by atoms with Gasteiger partial charge >= 0.3 is 12.1 Å². The Hall–Kier alpha value is -1.72. The lowest BCUT2D eigenvalue weighted by Crippen LogP contribution is -2.43. The zero-order valence-corrected chi connectivity index (χ0v) is 8.38. The number of esters is 1. The Balaban J connectivity index is 2.71. The molecule has 0 saturated heterocycles. The monoisotopic (exact) mass is 216 g/mol. The van der Waals surface area contributed by atoms with Crippen LogP contribution in [0.15, 0.2) is 12.3 Å². The van der Waals surface area contributed by atoms with E-state index in [1.165, 1.54) is 19.3 Å². The van der Waals surface area contributed by atoms with Crippen molar-refractivity contribution in [2.24, 2.45) is 0 Å². The van der Waals surface area contributed by atoms with Gasteiger partial charge < -0.3 is 19.3 Å². The molecule has 0 fully saturated rings. The summed E-state index contributed by atoms with van der Waals surface area (Å²) in [5.41, 5.74) is 0. The van der Waals surface area contributed by atoms with Crippen molar-refractivity contribution < 1.29 is 28.9 Å². The molecule has 1 heterocycles. The molecule has 0 aromatic heterocycles. The van der Waals surface area contributed by atoms with Crippen molar-refractivity contribution >= 4 is 12.1 Å². The molecule has 15 heavy (non-hydrogen) atoms. The lowest BCUT2D eigenvalue weighted by Gasteiger charge is -2.30. The van der Waals surface area contributed by atoms with Crippen LogP contribution in [-0.4, -0.2) is 35.5 Å². The van der Waals surface area contributed by atoms with Crippen LogP contribution < -0.4 is 0 Å². The molecule has 0 radical (unpaired) electrons. The quantitative estimate of drug-likeness (QED) is 0.691. The molecule has 0 spiro atoms. The summed E-state index contributed by atoms with van der Waals surface area (Å²) >= 11 is 0. The van der Waals surface area contributed by atoms with Crippen LogP contribution >= 0.6 is 0 Å². The first-order chi connectivity index (χ1) is 7.00. The van der Waals surface area contributed by atoms with E-state index in [2.05, 4.69) is 4.74 Å². The molecule has 0 unspecified atom stereocenters. The van der Waals surface area contributed by atoms with Crippen molar-refractivity contribution in [3.05, 3.63) is 12.3 Å². The highest BCUT2D eigenvalue weighted by Gasteiger charge is 2.34. The van der Waals surface area contributed by atoms with Crippen LogP contribution in [0.2, 0.25) is 0 Å². The van der Waals surface area contributed by atoms with Crippen molar-refractivity contribution in [2.75, 3.05) is 0 Å². The molecule has 0 amide bonds. The standard InChI is InChI=1S/C9H12O6/c1-5-8(14-6(2)10)7(3-4-13-5)15-9(11)12/h3-5,7-8H,1-2H3,(H,11,12)/t5-,7-,8-/m0/s1. The highest BCUT2D eigenvalue weighted by molar-refractivity contribution is 5.66. The Bertz CT molecular complexity index is 284. The van der Waals surface area contributed by atoms with Crippen LogP contribution in [0.1, 0.15) is 13.8 Å². The van der Waals surface area contributed by atoms with Gasteiger partial charge in [-0.3, -0.25) is 4.79 Å². The maximum absolute atomic E-state index is 10.8. The van der Waals surface area contributed by atoms with Gasteiger partial charge in [-0.05, 0) is 13.0 Å². The first-order valence-electron chi connectivity index (χ1n) is 4.39. The molecule has 0 bridgehead atoms. The van der Waals surface area contributed by atoms with Crippen LogP contribution in [0.5, 0.6) is 0 Å². The second-order valence-corrected chi connectivity index (χ2v) is 3.09. The zero-order valence-electron chi connectivity index (χ0n) is 8.38. The molecule has 6 nitrogen and oxygen atoms in total. The summed E-state index contributed by atoms with van der Waals surface area (Å²) in [6.07, 6.45) is -0.710. The van der Waals surface area contributed by atoms with Gasteiger partial charge in [-0.2, -0.15) is 0 Å². The van der Waals surface area contributed by atoms with E-state index < -0.39 is 30.4 Å². The zero-order chi connectivity index (χ0) is 11.4. The summed E-state index contributed by atoms with van der Waals surface area (Å²) in [7, 11) is 0. The number of carbonyl (C=O) groups excluding carboxylic acids is 1. The molecule has 84 valence electrons. The summed E-state index contributed by atoms with van der Waals surface area (Å²) in [4.78, 5) is 21.2. The van der Waals surface area contributed by atoms with E-state index in [0.717, 1.165) is 0 Å². The fourth-order valence-corrected chi connectivity index (χ4v) is 1.28. The van der Waals surface area contributed by atoms with E-state index in [1.54, 1.807) is 6.92 Å². The molecule has 1 aliphatic heterocycles. The molecular formula is C9H12O6. The van der Waals surface area contributed by atoms with Crippen molar-refractivity contribution in [3.8, 4) is 0 Å². The lowest BCUT2D eigenvalue weighted by atomic mass is 10.1. The number of ether oxygens (including phenoxy) is 3. The molecular weight excluding hydrogens is 204 g/mol. The molecule has 0 aromatic rings. The summed E-state index contributed by atoms with van der Waals surface area (Å²) in [6.45, 7) is 2.90. The number of carboxylic acid groups (broad SMARTS) is 1. The second-order valence-electron chi connectivity index (χ2n) is 3.09. The minimum Gasteiger partial charge on any atom is -0.494 e. The Labute approximate surface area is 86.4 Å². The average molecular weight is 216 g/mol. The molecule has 0 aliphatic carbocycles. The van der Waals surface area contributed by atoms with Gasteiger partial charge in [0.15, 0.2) is 12.2 Å². The fraction of sp³-hybridized carbons (Fsp3) is 0.556. The normalized spacial score (nSPS) is 29.1. The molecule has 1 aliphatic rings. The smallest absolute Gasteiger partial charge is 0.494 e. The minimum atomic E-state index is -1.42. The SMILES string of the molecule is CC(=O)O[C@H]1[C@H](C)OC=C[C@@H]1OC(=O)O. The third-order valence-electron chi connectivity index (χ3n) is 1.89. The molecule has 6 heteroatoms.